The molecule has 0 radical (unpaired) electrons. The Hall–Kier alpha value is -3.51. The van der Waals surface area contributed by atoms with E-state index in [1.165, 1.54) is 0 Å². The Morgan fingerprint density at radius 3 is 2.22 bits per heavy atom. The van der Waals surface area contributed by atoms with Crippen LogP contribution in [0.3, 0.4) is 0 Å². The van der Waals surface area contributed by atoms with Gasteiger partial charge in [0.1, 0.15) is 17.5 Å². The molecule has 3 aromatic carbocycles. The van der Waals surface area contributed by atoms with Crippen LogP contribution < -0.4 is 14.8 Å². The molecule has 2 amide bonds. The van der Waals surface area contributed by atoms with Crippen LogP contribution in [0, 0.1) is 0 Å². The molecule has 0 spiro atoms. The van der Waals surface area contributed by atoms with Gasteiger partial charge in [-0.05, 0) is 61.7 Å². The number of nitrogens with one attached hydrogen (secondary N) is 1. The number of hydrogen-bond donors (Lipinski definition) is 1. The highest BCUT2D eigenvalue weighted by molar-refractivity contribution is 6.31. The Morgan fingerprint density at radius 1 is 0.919 bits per heavy atom. The Morgan fingerprint density at radius 2 is 1.57 bits per heavy atom. The van der Waals surface area contributed by atoms with E-state index in [4.69, 9.17) is 21.1 Å². The van der Waals surface area contributed by atoms with Crippen molar-refractivity contribution >= 4 is 23.4 Å². The lowest BCUT2D eigenvalue weighted by atomic mass is 10.0. The van der Waals surface area contributed by atoms with Gasteiger partial charge in [0, 0.05) is 30.5 Å². The molecule has 3 aromatic rings. The van der Waals surface area contributed by atoms with E-state index in [1.54, 1.807) is 18.1 Å². The Labute approximate surface area is 224 Å². The van der Waals surface area contributed by atoms with Gasteiger partial charge in [-0.3, -0.25) is 9.59 Å². The molecule has 196 valence electrons. The van der Waals surface area contributed by atoms with Gasteiger partial charge in [-0.1, -0.05) is 60.1 Å². The maximum Gasteiger partial charge on any atom is 0.243 e. The first-order valence-electron chi connectivity index (χ1n) is 12.5. The van der Waals surface area contributed by atoms with E-state index in [0.717, 1.165) is 16.9 Å². The highest BCUT2D eigenvalue weighted by Gasteiger charge is 2.30. The number of rotatable bonds is 13. The van der Waals surface area contributed by atoms with E-state index in [1.807, 2.05) is 86.6 Å². The minimum atomic E-state index is -0.684. The second-order valence-electron chi connectivity index (χ2n) is 9.11. The molecule has 1 N–H and O–H groups in total. The third-order valence-corrected chi connectivity index (χ3v) is 6.23. The monoisotopic (exact) mass is 522 g/mol. The lowest BCUT2D eigenvalue weighted by Gasteiger charge is -2.32. The number of benzene rings is 3. The predicted octanol–water partition coefficient (Wildman–Crippen LogP) is 5.67. The number of carbonyl (C=O) groups is 2. The van der Waals surface area contributed by atoms with Crippen LogP contribution in [0.25, 0.3) is 0 Å². The maximum atomic E-state index is 13.6. The van der Waals surface area contributed by atoms with E-state index >= 15 is 0 Å². The Balaban J connectivity index is 1.77. The Kier molecular flexibility index (Phi) is 10.8. The molecule has 1 atom stereocenters. The summed E-state index contributed by atoms with van der Waals surface area (Å²) < 4.78 is 11.0. The van der Waals surface area contributed by atoms with Crippen molar-refractivity contribution in [1.29, 1.82) is 0 Å². The molecule has 3 rings (SSSR count). The van der Waals surface area contributed by atoms with Crippen molar-refractivity contribution in [2.24, 2.45) is 0 Å². The fraction of sp³-hybridized carbons (Fsp3) is 0.333. The van der Waals surface area contributed by atoms with Crippen LogP contribution >= 0.6 is 11.6 Å². The van der Waals surface area contributed by atoms with Gasteiger partial charge in [0.25, 0.3) is 0 Å². The number of halogens is 1. The van der Waals surface area contributed by atoms with Crippen molar-refractivity contribution in [2.45, 2.75) is 51.7 Å². The molecule has 0 saturated heterocycles. The molecule has 0 heterocycles. The second-order valence-corrected chi connectivity index (χ2v) is 9.52. The normalized spacial score (nSPS) is 11.6. The number of methoxy groups -OCH3 is 1. The van der Waals surface area contributed by atoms with Crippen LogP contribution in [-0.4, -0.2) is 42.5 Å². The quantitative estimate of drug-likeness (QED) is 0.294. The summed E-state index contributed by atoms with van der Waals surface area (Å²) in [5.41, 5.74) is 1.77. The third kappa shape index (κ3) is 8.83. The Bertz CT molecular complexity index is 1140. The van der Waals surface area contributed by atoms with Gasteiger partial charge in [0.15, 0.2) is 0 Å². The van der Waals surface area contributed by atoms with Crippen molar-refractivity contribution < 1.29 is 19.1 Å². The number of carbonyl (C=O) groups excluding carboxylic acids is 2. The van der Waals surface area contributed by atoms with E-state index in [2.05, 4.69) is 5.32 Å². The predicted molar refractivity (Wildman–Crippen MR) is 147 cm³/mol. The van der Waals surface area contributed by atoms with Crippen LogP contribution in [-0.2, 0) is 22.6 Å². The molecule has 0 aromatic heterocycles. The number of nitrogens with zero attached hydrogens (tertiary/aromatic N) is 1. The highest BCUT2D eigenvalue weighted by Crippen LogP contribution is 2.22. The van der Waals surface area contributed by atoms with E-state index in [0.29, 0.717) is 30.2 Å². The number of amides is 2. The summed E-state index contributed by atoms with van der Waals surface area (Å²) in [7, 11) is 1.61. The number of ether oxygens (including phenoxy) is 2. The summed E-state index contributed by atoms with van der Waals surface area (Å²) in [5.74, 6) is 1.15. The van der Waals surface area contributed by atoms with E-state index in [-0.39, 0.29) is 30.8 Å². The highest BCUT2D eigenvalue weighted by atomic mass is 35.5. The topological polar surface area (TPSA) is 67.9 Å². The smallest absolute Gasteiger partial charge is 0.243 e. The first-order valence-corrected chi connectivity index (χ1v) is 12.9. The standard InChI is InChI=1S/C30H35ClN2O4/c1-22(2)32-30(35)28(20-23-10-5-4-6-11-23)33(21-24-12-7-8-13-27(24)31)29(34)14-9-19-37-26-17-15-25(36-3)16-18-26/h4-8,10-13,15-18,22,28H,9,14,19-21H2,1-3H3,(H,32,35)/t28-/m0/s1. The van der Waals surface area contributed by atoms with Crippen LogP contribution in [0.2, 0.25) is 5.02 Å². The van der Waals surface area contributed by atoms with Gasteiger partial charge >= 0.3 is 0 Å². The lowest BCUT2D eigenvalue weighted by Crippen LogP contribution is -2.51. The zero-order valence-electron chi connectivity index (χ0n) is 21.7. The molecule has 0 aliphatic heterocycles. The zero-order chi connectivity index (χ0) is 26.6. The van der Waals surface area contributed by atoms with Gasteiger partial charge in [-0.25, -0.2) is 0 Å². The fourth-order valence-corrected chi connectivity index (χ4v) is 4.17. The lowest BCUT2D eigenvalue weighted by molar-refractivity contribution is -0.141. The molecule has 0 aliphatic carbocycles. The van der Waals surface area contributed by atoms with E-state index in [9.17, 15) is 9.59 Å². The molecule has 0 unspecified atom stereocenters. The molecular formula is C30H35ClN2O4. The molecule has 0 saturated carbocycles. The van der Waals surface area contributed by atoms with Crippen molar-refractivity contribution in [2.75, 3.05) is 13.7 Å². The van der Waals surface area contributed by atoms with Crippen LogP contribution in [0.15, 0.2) is 78.9 Å². The van der Waals surface area contributed by atoms with Gasteiger partial charge in [0.05, 0.1) is 13.7 Å². The molecule has 7 heteroatoms. The fourth-order valence-electron chi connectivity index (χ4n) is 3.97. The summed E-state index contributed by atoms with van der Waals surface area (Å²) in [6, 6.07) is 23.7. The molecule has 0 fully saturated rings. The molecule has 37 heavy (non-hydrogen) atoms. The summed E-state index contributed by atoms with van der Waals surface area (Å²) in [6.07, 6.45) is 1.15. The molecule has 6 nitrogen and oxygen atoms in total. The van der Waals surface area contributed by atoms with Crippen molar-refractivity contribution in [3.63, 3.8) is 0 Å². The summed E-state index contributed by atoms with van der Waals surface area (Å²) >= 11 is 6.45. The molecule has 0 aliphatic rings. The van der Waals surface area contributed by atoms with Crippen molar-refractivity contribution in [1.82, 2.24) is 10.2 Å². The molecule has 0 bridgehead atoms. The molecular weight excluding hydrogens is 488 g/mol. The van der Waals surface area contributed by atoms with Gasteiger partial charge in [-0.2, -0.15) is 0 Å². The average molecular weight is 523 g/mol. The minimum Gasteiger partial charge on any atom is -0.497 e. The van der Waals surface area contributed by atoms with Crippen LogP contribution in [0.1, 0.15) is 37.8 Å². The van der Waals surface area contributed by atoms with Gasteiger partial charge < -0.3 is 19.7 Å². The largest absolute Gasteiger partial charge is 0.497 e. The third-order valence-electron chi connectivity index (χ3n) is 5.86. The van der Waals surface area contributed by atoms with Gasteiger partial charge in [0.2, 0.25) is 11.8 Å². The van der Waals surface area contributed by atoms with Crippen LogP contribution in [0.5, 0.6) is 11.5 Å². The minimum absolute atomic E-state index is 0.0547. The summed E-state index contributed by atoms with van der Waals surface area (Å²) in [5, 5.41) is 3.56. The number of hydrogen-bond acceptors (Lipinski definition) is 4. The second kappa shape index (κ2) is 14.3. The van der Waals surface area contributed by atoms with E-state index < -0.39 is 6.04 Å². The SMILES string of the molecule is COc1ccc(OCCCC(=O)N(Cc2ccccc2Cl)[C@@H](Cc2ccccc2)C(=O)NC(C)C)cc1. The van der Waals surface area contributed by atoms with Crippen LogP contribution in [0.4, 0.5) is 0 Å². The summed E-state index contributed by atoms with van der Waals surface area (Å²) in [4.78, 5) is 28.6. The van der Waals surface area contributed by atoms with Crippen molar-refractivity contribution in [3.05, 3.63) is 95.0 Å². The van der Waals surface area contributed by atoms with Gasteiger partial charge in [-0.15, -0.1) is 0 Å². The summed E-state index contributed by atoms with van der Waals surface area (Å²) in [6.45, 7) is 4.43. The van der Waals surface area contributed by atoms with Crippen molar-refractivity contribution in [3.8, 4) is 11.5 Å². The first-order chi connectivity index (χ1) is 17.9. The zero-order valence-corrected chi connectivity index (χ0v) is 22.4. The first kappa shape index (κ1) is 28.1. The average Bonchev–Trinajstić information content (AvgIpc) is 2.90. The maximum absolute atomic E-state index is 13.6.